The molecule has 0 aliphatic heterocycles. The summed E-state index contributed by atoms with van der Waals surface area (Å²) in [6.45, 7) is 3.71. The molecule has 1 N–H and O–H groups in total. The third-order valence-corrected chi connectivity index (χ3v) is 2.82. The Kier molecular flexibility index (Phi) is 2.36. The van der Waals surface area contributed by atoms with Gasteiger partial charge in [0.25, 0.3) is 0 Å². The van der Waals surface area contributed by atoms with Crippen molar-refractivity contribution in [2.45, 2.75) is 13.8 Å². The summed E-state index contributed by atoms with van der Waals surface area (Å²) in [6, 6.07) is 1.77. The van der Waals surface area contributed by atoms with E-state index in [1.54, 1.807) is 6.07 Å². The van der Waals surface area contributed by atoms with E-state index in [-0.39, 0.29) is 16.4 Å². The van der Waals surface area contributed by atoms with Crippen LogP contribution in [-0.4, -0.2) is 11.1 Å². The van der Waals surface area contributed by atoms with E-state index >= 15 is 0 Å². The van der Waals surface area contributed by atoms with Gasteiger partial charge in [-0.2, -0.15) is 5.26 Å². The number of halogens is 1. The Balaban J connectivity index is 2.79. The Labute approximate surface area is 81.6 Å². The molecule has 4 heteroatoms. The number of rotatable bonds is 2. The zero-order chi connectivity index (χ0) is 10.2. The first kappa shape index (κ1) is 10.1. The summed E-state index contributed by atoms with van der Waals surface area (Å²) < 4.78 is 0. The van der Waals surface area contributed by atoms with Crippen molar-refractivity contribution in [3.63, 3.8) is 0 Å². The molecule has 0 amide bonds. The summed E-state index contributed by atoms with van der Waals surface area (Å²) >= 11 is 5.50. The lowest BCUT2D eigenvalue weighted by atomic mass is 10.1. The molecule has 3 nitrogen and oxygen atoms in total. The molecule has 70 valence electrons. The topological polar surface area (TPSA) is 61.1 Å². The van der Waals surface area contributed by atoms with Gasteiger partial charge in [0, 0.05) is 0 Å². The lowest BCUT2D eigenvalue weighted by Gasteiger charge is -1.96. The van der Waals surface area contributed by atoms with Crippen molar-refractivity contribution in [3.05, 3.63) is 11.1 Å². The molecular formula is C9H10ClNO2. The van der Waals surface area contributed by atoms with Crippen LogP contribution in [0, 0.1) is 28.6 Å². The fourth-order valence-corrected chi connectivity index (χ4v) is 1.79. The highest BCUT2D eigenvalue weighted by atomic mass is 35.5. The number of allylic oxidation sites excluding steroid dienone is 2. The number of nitrogens with zero attached hydrogens (tertiary/aromatic N) is 1. The summed E-state index contributed by atoms with van der Waals surface area (Å²) in [4.78, 5) is 10.7. The second-order valence-corrected chi connectivity index (χ2v) is 4.20. The summed E-state index contributed by atoms with van der Waals surface area (Å²) in [6.07, 6.45) is 1.53. The Morgan fingerprint density at radius 3 is 2.54 bits per heavy atom. The first-order valence-corrected chi connectivity index (χ1v) is 4.29. The van der Waals surface area contributed by atoms with Gasteiger partial charge in [-0.15, -0.1) is 0 Å². The zero-order valence-electron chi connectivity index (χ0n) is 7.41. The quantitative estimate of drug-likeness (QED) is 0.692. The third-order valence-electron chi connectivity index (χ3n) is 2.61. The zero-order valence-corrected chi connectivity index (χ0v) is 8.17. The van der Waals surface area contributed by atoms with Crippen molar-refractivity contribution in [2.75, 3.05) is 0 Å². The number of carbonyl (C=O) groups is 1. The van der Waals surface area contributed by atoms with E-state index in [2.05, 4.69) is 0 Å². The largest absolute Gasteiger partial charge is 0.481 e. The van der Waals surface area contributed by atoms with E-state index in [0.717, 1.165) is 0 Å². The predicted molar refractivity (Wildman–Crippen MR) is 47.9 cm³/mol. The molecule has 0 heterocycles. The van der Waals surface area contributed by atoms with Crippen LogP contribution in [0.4, 0.5) is 0 Å². The van der Waals surface area contributed by atoms with Gasteiger partial charge in [0.1, 0.15) is 11.1 Å². The second kappa shape index (κ2) is 3.04. The van der Waals surface area contributed by atoms with Gasteiger partial charge in [-0.25, -0.2) is 0 Å². The lowest BCUT2D eigenvalue weighted by molar-refractivity contribution is -0.139. The Hall–Kier alpha value is -1.01. The molecular weight excluding hydrogens is 190 g/mol. The third kappa shape index (κ3) is 1.68. The standard InChI is InChI=1S/C9H10ClNO2/c1-9(2)6(3-5(10)4-11)7(9)8(12)13/h3,6-7H,1-2H3,(H,12,13)/b5-3+/t6-,7-/m0/s1. The summed E-state index contributed by atoms with van der Waals surface area (Å²) in [5.41, 5.74) is -0.275. The van der Waals surface area contributed by atoms with Crippen LogP contribution in [0.3, 0.4) is 0 Å². The van der Waals surface area contributed by atoms with E-state index in [0.29, 0.717) is 0 Å². The molecule has 13 heavy (non-hydrogen) atoms. The maximum atomic E-state index is 10.7. The van der Waals surface area contributed by atoms with Gasteiger partial charge >= 0.3 is 5.97 Å². The molecule has 0 aromatic rings. The van der Waals surface area contributed by atoms with E-state index in [4.69, 9.17) is 22.0 Å². The minimum Gasteiger partial charge on any atom is -0.481 e. The number of carboxylic acids is 1. The Morgan fingerprint density at radius 2 is 2.23 bits per heavy atom. The van der Waals surface area contributed by atoms with Gasteiger partial charge in [-0.05, 0) is 11.3 Å². The molecule has 0 spiro atoms. The Morgan fingerprint density at radius 1 is 1.69 bits per heavy atom. The smallest absolute Gasteiger partial charge is 0.307 e. The maximum Gasteiger partial charge on any atom is 0.307 e. The van der Waals surface area contributed by atoms with Crippen LogP contribution < -0.4 is 0 Å². The second-order valence-electron chi connectivity index (χ2n) is 3.79. The molecule has 1 aliphatic rings. The van der Waals surface area contributed by atoms with Crippen molar-refractivity contribution in [1.82, 2.24) is 0 Å². The first-order valence-electron chi connectivity index (χ1n) is 3.91. The van der Waals surface area contributed by atoms with Gasteiger partial charge in [-0.3, -0.25) is 4.79 Å². The van der Waals surface area contributed by atoms with Gasteiger partial charge in [0.05, 0.1) is 5.92 Å². The molecule has 1 rings (SSSR count). The van der Waals surface area contributed by atoms with Crippen LogP contribution >= 0.6 is 11.6 Å². The van der Waals surface area contributed by atoms with E-state index < -0.39 is 11.9 Å². The highest BCUT2D eigenvalue weighted by Crippen LogP contribution is 2.59. The van der Waals surface area contributed by atoms with E-state index in [1.165, 1.54) is 6.08 Å². The van der Waals surface area contributed by atoms with Gasteiger partial charge < -0.3 is 5.11 Å². The number of hydrogen-bond donors (Lipinski definition) is 1. The first-order chi connectivity index (χ1) is 5.91. The molecule has 0 bridgehead atoms. The van der Waals surface area contributed by atoms with Crippen molar-refractivity contribution >= 4 is 17.6 Å². The van der Waals surface area contributed by atoms with Crippen molar-refractivity contribution in [3.8, 4) is 6.07 Å². The minimum atomic E-state index is -0.825. The number of hydrogen-bond acceptors (Lipinski definition) is 2. The average Bonchev–Trinajstić information content (AvgIpc) is 2.53. The van der Waals surface area contributed by atoms with Crippen molar-refractivity contribution in [1.29, 1.82) is 5.26 Å². The fourth-order valence-electron chi connectivity index (χ4n) is 1.66. The van der Waals surface area contributed by atoms with Crippen molar-refractivity contribution < 1.29 is 9.90 Å². The van der Waals surface area contributed by atoms with E-state index in [9.17, 15) is 4.79 Å². The SMILES string of the molecule is CC1(C)[C@H](C(=O)O)[C@@H]1/C=C(/Cl)C#N. The summed E-state index contributed by atoms with van der Waals surface area (Å²) in [7, 11) is 0. The Bertz CT molecular complexity index is 314. The minimum absolute atomic E-state index is 0.0711. The average molecular weight is 200 g/mol. The number of carboxylic acid groups (broad SMARTS) is 1. The van der Waals surface area contributed by atoms with Crippen molar-refractivity contribution in [2.24, 2.45) is 17.3 Å². The molecule has 2 atom stereocenters. The molecule has 0 aromatic carbocycles. The molecule has 1 fully saturated rings. The predicted octanol–water partition coefficient (Wildman–Crippen LogP) is 1.99. The molecule has 1 aliphatic carbocycles. The molecule has 0 saturated heterocycles. The maximum absolute atomic E-state index is 10.7. The monoisotopic (exact) mass is 199 g/mol. The van der Waals surface area contributed by atoms with Crippen LogP contribution in [0.1, 0.15) is 13.8 Å². The molecule has 0 radical (unpaired) electrons. The lowest BCUT2D eigenvalue weighted by Crippen LogP contribution is -2.02. The van der Waals surface area contributed by atoms with Crippen LogP contribution in [0.2, 0.25) is 0 Å². The van der Waals surface area contributed by atoms with Crippen LogP contribution in [0.15, 0.2) is 11.1 Å². The van der Waals surface area contributed by atoms with Gasteiger partial charge in [0.15, 0.2) is 0 Å². The van der Waals surface area contributed by atoms with Crippen LogP contribution in [-0.2, 0) is 4.79 Å². The van der Waals surface area contributed by atoms with Gasteiger partial charge in [-0.1, -0.05) is 31.5 Å². The number of aliphatic carboxylic acids is 1. The van der Waals surface area contributed by atoms with Gasteiger partial charge in [0.2, 0.25) is 0 Å². The van der Waals surface area contributed by atoms with E-state index in [1.807, 2.05) is 13.8 Å². The van der Waals surface area contributed by atoms with Crippen LogP contribution in [0.25, 0.3) is 0 Å². The highest BCUT2D eigenvalue weighted by Gasteiger charge is 2.61. The van der Waals surface area contributed by atoms with Crippen LogP contribution in [0.5, 0.6) is 0 Å². The highest BCUT2D eigenvalue weighted by molar-refractivity contribution is 6.31. The normalized spacial score (nSPS) is 30.8. The summed E-state index contributed by atoms with van der Waals surface area (Å²) in [5.74, 6) is -1.35. The summed E-state index contributed by atoms with van der Waals surface area (Å²) in [5, 5.41) is 17.3. The fraction of sp³-hybridized carbons (Fsp3) is 0.556. The molecule has 1 saturated carbocycles. The molecule has 0 unspecified atom stereocenters. The number of nitriles is 1. The molecule has 0 aromatic heterocycles.